The van der Waals surface area contributed by atoms with Crippen molar-refractivity contribution in [2.45, 2.75) is 0 Å². The third-order valence-corrected chi connectivity index (χ3v) is 3.74. The Bertz CT molecular complexity index is 836. The van der Waals surface area contributed by atoms with Crippen molar-refractivity contribution in [1.82, 2.24) is 19.7 Å². The van der Waals surface area contributed by atoms with Gasteiger partial charge in [0.15, 0.2) is 5.82 Å². The van der Waals surface area contributed by atoms with Crippen LogP contribution in [0.5, 0.6) is 5.75 Å². The number of halogens is 1. The number of carbonyl (C=O) groups is 1. The van der Waals surface area contributed by atoms with Crippen LogP contribution in [0.25, 0.3) is 5.82 Å². The summed E-state index contributed by atoms with van der Waals surface area (Å²) >= 11 is 3.36. The molecule has 23 heavy (non-hydrogen) atoms. The number of carbonyl (C=O) groups excluding carboxylic acids is 1. The Hall–Kier alpha value is -2.74. The van der Waals surface area contributed by atoms with Crippen molar-refractivity contribution < 1.29 is 9.53 Å². The minimum Gasteiger partial charge on any atom is -0.497 e. The van der Waals surface area contributed by atoms with Crippen LogP contribution < -0.4 is 10.1 Å². The molecule has 0 spiro atoms. The number of ether oxygens (including phenoxy) is 1. The standard InChI is InChI=1S/C15H12BrN5O2/c1-23-10-3-4-12(16)11(7-10)15(22)20-13-8-14(18-9-17-13)21-6-2-5-19-21/h2-9H,1H3,(H,17,18,20,22). The third-order valence-electron chi connectivity index (χ3n) is 3.05. The second kappa shape index (κ2) is 6.57. The lowest BCUT2D eigenvalue weighted by Crippen LogP contribution is -2.14. The normalized spacial score (nSPS) is 10.3. The first-order valence-electron chi connectivity index (χ1n) is 6.64. The molecule has 7 nitrogen and oxygen atoms in total. The maximum Gasteiger partial charge on any atom is 0.258 e. The van der Waals surface area contributed by atoms with E-state index in [1.165, 1.54) is 6.33 Å². The number of aromatic nitrogens is 4. The summed E-state index contributed by atoms with van der Waals surface area (Å²) in [5.41, 5.74) is 0.448. The molecule has 2 aromatic heterocycles. The molecule has 0 saturated carbocycles. The number of nitrogens with one attached hydrogen (secondary N) is 1. The van der Waals surface area contributed by atoms with E-state index in [9.17, 15) is 4.79 Å². The van der Waals surface area contributed by atoms with Gasteiger partial charge in [0.2, 0.25) is 0 Å². The maximum absolute atomic E-state index is 12.4. The average Bonchev–Trinajstić information content (AvgIpc) is 3.10. The molecule has 0 atom stereocenters. The molecule has 2 heterocycles. The molecule has 116 valence electrons. The molecular formula is C15H12BrN5O2. The minimum atomic E-state index is -0.305. The van der Waals surface area contributed by atoms with Gasteiger partial charge in [0.05, 0.1) is 12.7 Å². The molecule has 0 radical (unpaired) electrons. The summed E-state index contributed by atoms with van der Waals surface area (Å²) in [7, 11) is 1.55. The van der Waals surface area contributed by atoms with E-state index in [2.05, 4.69) is 36.3 Å². The fourth-order valence-corrected chi connectivity index (χ4v) is 2.36. The first kappa shape index (κ1) is 15.2. The highest BCUT2D eigenvalue weighted by Crippen LogP contribution is 2.23. The number of amides is 1. The molecule has 0 aliphatic heterocycles. The number of methoxy groups -OCH3 is 1. The monoisotopic (exact) mass is 373 g/mol. The van der Waals surface area contributed by atoms with Crippen LogP contribution >= 0.6 is 15.9 Å². The first-order chi connectivity index (χ1) is 11.2. The van der Waals surface area contributed by atoms with Gasteiger partial charge in [-0.15, -0.1) is 0 Å². The second-order valence-corrected chi connectivity index (χ2v) is 5.37. The molecule has 3 rings (SSSR count). The number of rotatable bonds is 4. The van der Waals surface area contributed by atoms with Gasteiger partial charge < -0.3 is 10.1 Å². The lowest BCUT2D eigenvalue weighted by Gasteiger charge is -2.09. The van der Waals surface area contributed by atoms with Crippen LogP contribution in [0.15, 0.2) is 53.5 Å². The van der Waals surface area contributed by atoms with Gasteiger partial charge in [-0.05, 0) is 40.2 Å². The summed E-state index contributed by atoms with van der Waals surface area (Å²) in [6.07, 6.45) is 4.77. The zero-order valence-electron chi connectivity index (χ0n) is 12.1. The van der Waals surface area contributed by atoms with E-state index in [0.29, 0.717) is 27.4 Å². The van der Waals surface area contributed by atoms with E-state index in [1.807, 2.05) is 0 Å². The number of anilines is 1. The maximum atomic E-state index is 12.4. The lowest BCUT2D eigenvalue weighted by molar-refractivity contribution is 0.102. The van der Waals surface area contributed by atoms with Crippen molar-refractivity contribution in [1.29, 1.82) is 0 Å². The van der Waals surface area contributed by atoms with Crippen LogP contribution in [0.4, 0.5) is 5.82 Å². The highest BCUT2D eigenvalue weighted by atomic mass is 79.9. The molecule has 1 N–H and O–H groups in total. The van der Waals surface area contributed by atoms with Crippen LogP contribution in [-0.4, -0.2) is 32.8 Å². The van der Waals surface area contributed by atoms with Crippen molar-refractivity contribution in [3.63, 3.8) is 0 Å². The zero-order chi connectivity index (χ0) is 16.2. The van der Waals surface area contributed by atoms with Crippen LogP contribution in [0.1, 0.15) is 10.4 Å². The Kier molecular flexibility index (Phi) is 4.33. The molecule has 3 aromatic rings. The predicted octanol–water partition coefficient (Wildman–Crippen LogP) is 2.69. The third kappa shape index (κ3) is 3.37. The molecule has 1 amide bonds. The SMILES string of the molecule is COc1ccc(Br)c(C(=O)Nc2cc(-n3cccn3)ncn2)c1. The number of nitrogens with zero attached hydrogens (tertiary/aromatic N) is 4. The fraction of sp³-hybridized carbons (Fsp3) is 0.0667. The first-order valence-corrected chi connectivity index (χ1v) is 7.43. The van der Waals surface area contributed by atoms with Crippen molar-refractivity contribution in [2.24, 2.45) is 0 Å². The lowest BCUT2D eigenvalue weighted by atomic mass is 10.2. The molecule has 0 aliphatic carbocycles. The summed E-state index contributed by atoms with van der Waals surface area (Å²) in [5.74, 6) is 1.23. The van der Waals surface area contributed by atoms with E-state index in [-0.39, 0.29) is 5.91 Å². The molecule has 0 fully saturated rings. The summed E-state index contributed by atoms with van der Waals surface area (Å²) < 4.78 is 7.39. The van der Waals surface area contributed by atoms with Gasteiger partial charge in [-0.1, -0.05) is 0 Å². The second-order valence-electron chi connectivity index (χ2n) is 4.51. The average molecular weight is 374 g/mol. The minimum absolute atomic E-state index is 0.305. The zero-order valence-corrected chi connectivity index (χ0v) is 13.7. The highest BCUT2D eigenvalue weighted by Gasteiger charge is 2.13. The van der Waals surface area contributed by atoms with E-state index < -0.39 is 0 Å². The van der Waals surface area contributed by atoms with E-state index >= 15 is 0 Å². The summed E-state index contributed by atoms with van der Waals surface area (Å²) in [6.45, 7) is 0. The smallest absolute Gasteiger partial charge is 0.258 e. The van der Waals surface area contributed by atoms with E-state index in [0.717, 1.165) is 0 Å². The van der Waals surface area contributed by atoms with Crippen LogP contribution in [0.3, 0.4) is 0 Å². The molecule has 1 aromatic carbocycles. The molecule has 0 saturated heterocycles. The van der Waals surface area contributed by atoms with Gasteiger partial charge in [0.25, 0.3) is 5.91 Å². The summed E-state index contributed by atoms with van der Waals surface area (Å²) in [5, 5.41) is 6.83. The topological polar surface area (TPSA) is 81.9 Å². The van der Waals surface area contributed by atoms with Crippen molar-refractivity contribution in [3.05, 3.63) is 59.1 Å². The Morgan fingerprint density at radius 2 is 2.17 bits per heavy atom. The highest BCUT2D eigenvalue weighted by molar-refractivity contribution is 9.10. The number of benzene rings is 1. The molecule has 0 aliphatic rings. The van der Waals surface area contributed by atoms with E-state index in [4.69, 9.17) is 4.74 Å². The van der Waals surface area contributed by atoms with Gasteiger partial charge in [-0.25, -0.2) is 14.6 Å². The van der Waals surface area contributed by atoms with E-state index in [1.54, 1.807) is 54.5 Å². The molecular weight excluding hydrogens is 362 g/mol. The van der Waals surface area contributed by atoms with Crippen molar-refractivity contribution >= 4 is 27.7 Å². The quantitative estimate of drug-likeness (QED) is 0.760. The van der Waals surface area contributed by atoms with Crippen LogP contribution in [0.2, 0.25) is 0 Å². The Balaban J connectivity index is 1.85. The molecule has 0 bridgehead atoms. The van der Waals surface area contributed by atoms with Crippen LogP contribution in [0, 0.1) is 0 Å². The Labute approximate surface area is 140 Å². The van der Waals surface area contributed by atoms with Gasteiger partial charge in [-0.3, -0.25) is 4.79 Å². The molecule has 8 heteroatoms. The van der Waals surface area contributed by atoms with Gasteiger partial charge >= 0.3 is 0 Å². The van der Waals surface area contributed by atoms with Gasteiger partial charge in [0.1, 0.15) is 17.9 Å². The summed E-state index contributed by atoms with van der Waals surface area (Å²) in [4.78, 5) is 20.6. The predicted molar refractivity (Wildman–Crippen MR) is 87.8 cm³/mol. The fourth-order valence-electron chi connectivity index (χ4n) is 1.93. The summed E-state index contributed by atoms with van der Waals surface area (Å²) in [6, 6.07) is 8.59. The number of hydrogen-bond donors (Lipinski definition) is 1. The van der Waals surface area contributed by atoms with Gasteiger partial charge in [0, 0.05) is 22.9 Å². The van der Waals surface area contributed by atoms with Crippen molar-refractivity contribution in [2.75, 3.05) is 12.4 Å². The van der Waals surface area contributed by atoms with Crippen molar-refractivity contribution in [3.8, 4) is 11.6 Å². The molecule has 0 unspecified atom stereocenters. The Morgan fingerprint density at radius 1 is 1.30 bits per heavy atom. The van der Waals surface area contributed by atoms with Crippen LogP contribution in [-0.2, 0) is 0 Å². The van der Waals surface area contributed by atoms with Gasteiger partial charge in [-0.2, -0.15) is 5.10 Å². The number of hydrogen-bond acceptors (Lipinski definition) is 5. The Morgan fingerprint density at radius 3 is 2.91 bits per heavy atom. The largest absolute Gasteiger partial charge is 0.497 e.